The van der Waals surface area contributed by atoms with Crippen LogP contribution in [-0.2, 0) is 12.8 Å². The Balaban J connectivity index is 1.59. The molecule has 7 heteroatoms. The van der Waals surface area contributed by atoms with Crippen molar-refractivity contribution < 1.29 is 0 Å². The Hall–Kier alpha value is -0.1000. The van der Waals surface area contributed by atoms with Gasteiger partial charge < -0.3 is 0 Å². The van der Waals surface area contributed by atoms with E-state index in [1.807, 2.05) is 22.7 Å². The molecule has 0 amide bonds. The number of unbranched alkanes of at least 4 members (excludes halogenated alkanes) is 6. The molecule has 0 aliphatic rings. The first-order chi connectivity index (χ1) is 16.1. The maximum Gasteiger partial charge on any atom is 0.114 e. The summed E-state index contributed by atoms with van der Waals surface area (Å²) in [6.07, 6.45) is 12.8. The van der Waals surface area contributed by atoms with Crippen molar-refractivity contribution in [3.63, 3.8) is 0 Å². The number of hydrogen-bond acceptors (Lipinski definition) is 5. The van der Waals surface area contributed by atoms with Crippen molar-refractivity contribution in [3.8, 4) is 20.9 Å². The first-order valence-corrected chi connectivity index (χ1v) is 16.5. The normalized spacial score (nSPS) is 11.6. The van der Waals surface area contributed by atoms with Crippen LogP contribution in [-0.4, -0.2) is 8.75 Å². The first-order valence-electron chi connectivity index (χ1n) is 11.9. The fraction of sp³-hybridized carbons (Fsp3) is 0.462. The standard InChI is InChI=1S/C26H30I2N2S3/c1-3-5-7-9-11-17-15-21(31-25(17)27)19-13-14-20(24-23(19)29-33-30-24)22-16-18(26(28)32-22)12-10-8-6-4-2/h13-16H,3-12H2,1-2H3. The average Bonchev–Trinajstić information content (AvgIpc) is 3.53. The topological polar surface area (TPSA) is 25.8 Å². The molecule has 0 fully saturated rings. The number of aryl methyl sites for hydroxylation is 2. The van der Waals surface area contributed by atoms with Gasteiger partial charge in [-0.2, -0.15) is 8.75 Å². The van der Waals surface area contributed by atoms with Crippen molar-refractivity contribution in [2.45, 2.75) is 78.1 Å². The highest BCUT2D eigenvalue weighted by Gasteiger charge is 2.18. The van der Waals surface area contributed by atoms with Crippen LogP contribution in [0.3, 0.4) is 0 Å². The molecule has 0 N–H and O–H groups in total. The van der Waals surface area contributed by atoms with E-state index in [1.54, 1.807) is 0 Å². The van der Waals surface area contributed by atoms with Gasteiger partial charge in [-0.3, -0.25) is 0 Å². The fourth-order valence-corrected chi connectivity index (χ4v) is 8.94. The number of halogens is 2. The number of nitrogens with zero attached hydrogens (tertiary/aromatic N) is 2. The third kappa shape index (κ3) is 6.37. The van der Waals surface area contributed by atoms with Crippen molar-refractivity contribution >= 4 is 90.6 Å². The van der Waals surface area contributed by atoms with Gasteiger partial charge in [-0.25, -0.2) is 0 Å². The van der Waals surface area contributed by atoms with Crippen LogP contribution in [0, 0.1) is 5.77 Å². The molecule has 0 unspecified atom stereocenters. The van der Waals surface area contributed by atoms with Crippen LogP contribution in [0.5, 0.6) is 0 Å². The van der Waals surface area contributed by atoms with Crippen LogP contribution in [0.2, 0.25) is 0 Å². The van der Waals surface area contributed by atoms with E-state index in [0.29, 0.717) is 0 Å². The zero-order valence-corrected chi connectivity index (χ0v) is 26.0. The Morgan fingerprint density at radius 1 is 0.667 bits per heavy atom. The Morgan fingerprint density at radius 3 is 1.55 bits per heavy atom. The molecule has 3 heterocycles. The third-order valence-electron chi connectivity index (χ3n) is 6.06. The van der Waals surface area contributed by atoms with Crippen molar-refractivity contribution in [2.24, 2.45) is 0 Å². The van der Waals surface area contributed by atoms with E-state index in [-0.39, 0.29) is 0 Å². The van der Waals surface area contributed by atoms with E-state index in [9.17, 15) is 0 Å². The van der Waals surface area contributed by atoms with E-state index >= 15 is 0 Å². The third-order valence-corrected chi connectivity index (χ3v) is 11.3. The zero-order valence-electron chi connectivity index (χ0n) is 19.3. The molecule has 0 aliphatic carbocycles. The summed E-state index contributed by atoms with van der Waals surface area (Å²) in [7, 11) is 0. The van der Waals surface area contributed by atoms with Gasteiger partial charge in [-0.1, -0.05) is 64.5 Å². The number of benzene rings is 1. The minimum Gasteiger partial charge on any atom is -0.172 e. The molecule has 4 rings (SSSR count). The predicted molar refractivity (Wildman–Crippen MR) is 165 cm³/mol. The zero-order chi connectivity index (χ0) is 23.2. The van der Waals surface area contributed by atoms with Crippen molar-refractivity contribution in [2.75, 3.05) is 0 Å². The molecular weight excluding hydrogens is 690 g/mol. The fourth-order valence-electron chi connectivity index (χ4n) is 4.17. The lowest BCUT2D eigenvalue weighted by atomic mass is 10.0. The van der Waals surface area contributed by atoms with Gasteiger partial charge in [-0.15, -0.1) is 22.7 Å². The molecule has 0 bridgehead atoms. The second-order valence-electron chi connectivity index (χ2n) is 8.56. The van der Waals surface area contributed by atoms with E-state index in [2.05, 4.69) is 83.3 Å². The minimum absolute atomic E-state index is 1.06. The number of fused-ring (bicyclic) bond motifs is 1. The van der Waals surface area contributed by atoms with Crippen LogP contribution >= 0.6 is 79.6 Å². The van der Waals surface area contributed by atoms with Gasteiger partial charge in [0.1, 0.15) is 11.0 Å². The Labute approximate surface area is 237 Å². The molecule has 0 aliphatic heterocycles. The van der Waals surface area contributed by atoms with Crippen LogP contribution < -0.4 is 0 Å². The van der Waals surface area contributed by atoms with Crippen LogP contribution in [0.15, 0.2) is 24.3 Å². The summed E-state index contributed by atoms with van der Waals surface area (Å²) in [6, 6.07) is 9.34. The van der Waals surface area contributed by atoms with E-state index in [4.69, 9.17) is 8.75 Å². The summed E-state index contributed by atoms with van der Waals surface area (Å²) < 4.78 is 12.3. The summed E-state index contributed by atoms with van der Waals surface area (Å²) >= 11 is 10.2. The molecule has 3 aromatic heterocycles. The van der Waals surface area contributed by atoms with Crippen molar-refractivity contribution in [1.29, 1.82) is 0 Å². The van der Waals surface area contributed by atoms with Gasteiger partial charge in [0, 0.05) is 20.9 Å². The second kappa shape index (κ2) is 12.7. The van der Waals surface area contributed by atoms with Crippen molar-refractivity contribution in [1.82, 2.24) is 8.75 Å². The number of aromatic nitrogens is 2. The Kier molecular flexibility index (Phi) is 10.0. The maximum atomic E-state index is 4.74. The highest BCUT2D eigenvalue weighted by atomic mass is 127. The molecule has 0 saturated carbocycles. The largest absolute Gasteiger partial charge is 0.172 e. The molecule has 176 valence electrons. The average molecular weight is 721 g/mol. The van der Waals surface area contributed by atoms with Gasteiger partial charge in [0.15, 0.2) is 0 Å². The first kappa shape index (κ1) is 26.0. The molecular formula is C26H30I2N2S3. The minimum atomic E-state index is 1.06. The van der Waals surface area contributed by atoms with Gasteiger partial charge in [0.05, 0.1) is 17.5 Å². The molecule has 2 nitrogen and oxygen atoms in total. The molecule has 0 spiro atoms. The summed E-state index contributed by atoms with van der Waals surface area (Å²) in [5.74, 6) is 0. The highest BCUT2D eigenvalue weighted by molar-refractivity contribution is 14.1. The lowest BCUT2D eigenvalue weighted by molar-refractivity contribution is 0.667. The lowest BCUT2D eigenvalue weighted by Gasteiger charge is -2.03. The SMILES string of the molecule is CCCCCCc1cc(-c2ccc(-c3cc(CCCCCC)c(I)s3)c3nsnc23)sc1I. The monoisotopic (exact) mass is 720 g/mol. The summed E-state index contributed by atoms with van der Waals surface area (Å²) in [5.41, 5.74) is 7.56. The van der Waals surface area contributed by atoms with Gasteiger partial charge >= 0.3 is 0 Å². The van der Waals surface area contributed by atoms with Crippen LogP contribution in [0.1, 0.15) is 76.3 Å². The van der Waals surface area contributed by atoms with E-state index in [0.717, 1.165) is 11.0 Å². The van der Waals surface area contributed by atoms with Gasteiger partial charge in [0.2, 0.25) is 0 Å². The lowest BCUT2D eigenvalue weighted by Crippen LogP contribution is -1.86. The summed E-state index contributed by atoms with van der Waals surface area (Å²) in [6.45, 7) is 4.55. The molecule has 0 saturated heterocycles. The number of thiophene rings is 2. The smallest absolute Gasteiger partial charge is 0.114 e. The molecule has 33 heavy (non-hydrogen) atoms. The quantitative estimate of drug-likeness (QED) is 0.108. The molecule has 1 aromatic carbocycles. The maximum absolute atomic E-state index is 4.74. The second-order valence-corrected chi connectivity index (χ2v) is 14.8. The van der Waals surface area contributed by atoms with Gasteiger partial charge in [-0.05, 0) is 94.1 Å². The number of rotatable bonds is 12. The highest BCUT2D eigenvalue weighted by Crippen LogP contribution is 2.42. The predicted octanol–water partition coefficient (Wildman–Crippen LogP) is 10.6. The molecule has 0 radical (unpaired) electrons. The van der Waals surface area contributed by atoms with Crippen LogP contribution in [0.4, 0.5) is 0 Å². The Morgan fingerprint density at radius 2 is 1.12 bits per heavy atom. The summed E-state index contributed by atoms with van der Waals surface area (Å²) in [5, 5.41) is 0. The van der Waals surface area contributed by atoms with E-state index < -0.39 is 0 Å². The Bertz CT molecular complexity index is 1100. The summed E-state index contributed by atoms with van der Waals surface area (Å²) in [4.78, 5) is 2.65. The molecule has 0 atom stereocenters. The molecule has 4 aromatic rings. The van der Waals surface area contributed by atoms with Gasteiger partial charge in [0.25, 0.3) is 0 Å². The van der Waals surface area contributed by atoms with Crippen LogP contribution in [0.25, 0.3) is 31.9 Å². The van der Waals surface area contributed by atoms with E-state index in [1.165, 1.54) is 114 Å². The number of hydrogen-bond donors (Lipinski definition) is 0. The van der Waals surface area contributed by atoms with Crippen molar-refractivity contribution in [3.05, 3.63) is 41.2 Å².